The molecule has 0 fully saturated rings. The van der Waals surface area contributed by atoms with Gasteiger partial charge >= 0.3 is 0 Å². The van der Waals surface area contributed by atoms with Crippen molar-refractivity contribution in [1.82, 2.24) is 4.98 Å². The second-order valence-electron chi connectivity index (χ2n) is 4.74. The monoisotopic (exact) mass is 281 g/mol. The van der Waals surface area contributed by atoms with Crippen molar-refractivity contribution in [3.63, 3.8) is 0 Å². The molecule has 0 atom stereocenters. The fraction of sp³-hybridized carbons (Fsp3) is 0.176. The Morgan fingerprint density at radius 3 is 2.90 bits per heavy atom. The van der Waals surface area contributed by atoms with Crippen molar-refractivity contribution in [2.45, 2.75) is 13.3 Å². The number of hydrogen-bond acceptors (Lipinski definition) is 4. The standard InChI is InChI=1S/C17H15NO3/c1-2-7-20-14-8-13(10-18-11-14)17(19)16-9-12-5-3-4-6-15(12)21-16/h3-6,8-11H,2,7H2,1H3. The first kappa shape index (κ1) is 13.4. The number of hydrogen-bond donors (Lipinski definition) is 0. The van der Waals surface area contributed by atoms with Crippen LogP contribution in [0.3, 0.4) is 0 Å². The highest BCUT2D eigenvalue weighted by Gasteiger charge is 2.15. The third-order valence-corrected chi connectivity index (χ3v) is 3.10. The number of ether oxygens (including phenoxy) is 1. The van der Waals surface area contributed by atoms with E-state index in [1.54, 1.807) is 18.3 Å². The van der Waals surface area contributed by atoms with Gasteiger partial charge < -0.3 is 9.15 Å². The minimum Gasteiger partial charge on any atom is -0.492 e. The maximum atomic E-state index is 12.5. The van der Waals surface area contributed by atoms with E-state index in [1.807, 2.05) is 31.2 Å². The highest BCUT2D eigenvalue weighted by molar-refractivity contribution is 6.08. The number of ketones is 1. The Labute approximate surface area is 122 Å². The summed E-state index contributed by atoms with van der Waals surface area (Å²) in [6, 6.07) is 11.0. The molecule has 3 aromatic rings. The highest BCUT2D eigenvalue weighted by Crippen LogP contribution is 2.22. The molecular formula is C17H15NO3. The predicted octanol–water partition coefficient (Wildman–Crippen LogP) is 3.85. The maximum absolute atomic E-state index is 12.5. The number of para-hydroxylation sites is 1. The Kier molecular flexibility index (Phi) is 3.69. The maximum Gasteiger partial charge on any atom is 0.229 e. The van der Waals surface area contributed by atoms with Gasteiger partial charge in [-0.1, -0.05) is 25.1 Å². The van der Waals surface area contributed by atoms with Gasteiger partial charge in [-0.05, 0) is 24.6 Å². The van der Waals surface area contributed by atoms with Crippen LogP contribution in [0.25, 0.3) is 11.0 Å². The van der Waals surface area contributed by atoms with Crippen molar-refractivity contribution in [3.8, 4) is 5.75 Å². The lowest BCUT2D eigenvalue weighted by molar-refractivity contribution is 0.101. The third kappa shape index (κ3) is 2.79. The van der Waals surface area contributed by atoms with Crippen molar-refractivity contribution in [2.75, 3.05) is 6.61 Å². The smallest absolute Gasteiger partial charge is 0.229 e. The van der Waals surface area contributed by atoms with Crippen LogP contribution in [-0.2, 0) is 0 Å². The van der Waals surface area contributed by atoms with Crippen molar-refractivity contribution >= 4 is 16.8 Å². The number of furan rings is 1. The Balaban J connectivity index is 1.90. The quantitative estimate of drug-likeness (QED) is 0.667. The lowest BCUT2D eigenvalue weighted by Gasteiger charge is -2.04. The average Bonchev–Trinajstić information content (AvgIpc) is 2.96. The van der Waals surface area contributed by atoms with Crippen LogP contribution in [0.1, 0.15) is 29.5 Å². The molecule has 0 saturated heterocycles. The van der Waals surface area contributed by atoms with Gasteiger partial charge in [0.25, 0.3) is 0 Å². The number of nitrogens with zero attached hydrogens (tertiary/aromatic N) is 1. The van der Waals surface area contributed by atoms with Crippen molar-refractivity contribution < 1.29 is 13.9 Å². The van der Waals surface area contributed by atoms with Crippen LogP contribution in [0.15, 0.2) is 53.2 Å². The van der Waals surface area contributed by atoms with Crippen molar-refractivity contribution in [2.24, 2.45) is 0 Å². The number of pyridine rings is 1. The molecule has 0 radical (unpaired) electrons. The first-order valence-electron chi connectivity index (χ1n) is 6.89. The van der Waals surface area contributed by atoms with Crippen LogP contribution in [0.5, 0.6) is 5.75 Å². The number of rotatable bonds is 5. The zero-order chi connectivity index (χ0) is 14.7. The van der Waals surface area contributed by atoms with Crippen molar-refractivity contribution in [3.05, 3.63) is 60.1 Å². The Morgan fingerprint density at radius 1 is 1.24 bits per heavy atom. The molecule has 21 heavy (non-hydrogen) atoms. The Bertz CT molecular complexity index is 743. The average molecular weight is 281 g/mol. The van der Waals surface area contributed by atoms with Gasteiger partial charge in [0.2, 0.25) is 5.78 Å². The van der Waals surface area contributed by atoms with Gasteiger partial charge in [0.15, 0.2) is 5.76 Å². The summed E-state index contributed by atoms with van der Waals surface area (Å²) in [7, 11) is 0. The van der Waals surface area contributed by atoms with E-state index in [1.165, 1.54) is 6.20 Å². The topological polar surface area (TPSA) is 52.3 Å². The molecule has 4 heteroatoms. The Morgan fingerprint density at radius 2 is 2.10 bits per heavy atom. The minimum absolute atomic E-state index is 0.194. The van der Waals surface area contributed by atoms with Gasteiger partial charge in [0.05, 0.1) is 12.8 Å². The van der Waals surface area contributed by atoms with Gasteiger partial charge in [-0.3, -0.25) is 9.78 Å². The van der Waals surface area contributed by atoms with E-state index in [0.717, 1.165) is 11.8 Å². The molecule has 0 aliphatic heterocycles. The molecule has 2 aromatic heterocycles. The molecule has 0 saturated carbocycles. The molecule has 3 rings (SSSR count). The summed E-state index contributed by atoms with van der Waals surface area (Å²) in [5.41, 5.74) is 1.16. The lowest BCUT2D eigenvalue weighted by Crippen LogP contribution is -2.02. The first-order valence-corrected chi connectivity index (χ1v) is 6.89. The van der Waals surface area contributed by atoms with E-state index in [4.69, 9.17) is 9.15 Å². The molecule has 2 heterocycles. The van der Waals surface area contributed by atoms with E-state index in [9.17, 15) is 4.79 Å². The van der Waals surface area contributed by atoms with E-state index in [0.29, 0.717) is 29.3 Å². The fourth-order valence-corrected chi connectivity index (χ4v) is 2.08. The summed E-state index contributed by atoms with van der Waals surface area (Å²) in [6.45, 7) is 2.63. The van der Waals surface area contributed by atoms with Crippen LogP contribution in [0, 0.1) is 0 Å². The molecule has 0 bridgehead atoms. The van der Waals surface area contributed by atoms with Gasteiger partial charge in [0.1, 0.15) is 11.3 Å². The third-order valence-electron chi connectivity index (χ3n) is 3.10. The summed E-state index contributed by atoms with van der Waals surface area (Å²) in [6.07, 6.45) is 4.03. The highest BCUT2D eigenvalue weighted by atomic mass is 16.5. The normalized spacial score (nSPS) is 10.7. The molecule has 0 N–H and O–H groups in total. The van der Waals surface area contributed by atoms with Crippen LogP contribution >= 0.6 is 0 Å². The van der Waals surface area contributed by atoms with Gasteiger partial charge in [-0.2, -0.15) is 0 Å². The molecule has 1 aromatic carbocycles. The number of benzene rings is 1. The zero-order valence-corrected chi connectivity index (χ0v) is 11.7. The van der Waals surface area contributed by atoms with Crippen LogP contribution < -0.4 is 4.74 Å². The van der Waals surface area contributed by atoms with Crippen molar-refractivity contribution in [1.29, 1.82) is 0 Å². The summed E-state index contributed by atoms with van der Waals surface area (Å²) in [4.78, 5) is 16.5. The summed E-state index contributed by atoms with van der Waals surface area (Å²) in [5, 5.41) is 0.909. The van der Waals surface area contributed by atoms with Crippen LogP contribution in [0.2, 0.25) is 0 Å². The number of carbonyl (C=O) groups excluding carboxylic acids is 1. The summed E-state index contributed by atoms with van der Waals surface area (Å²) in [5.74, 6) is 0.713. The SMILES string of the molecule is CCCOc1cncc(C(=O)c2cc3ccccc3o2)c1. The molecule has 0 aliphatic rings. The lowest BCUT2D eigenvalue weighted by atomic mass is 10.1. The fourth-order valence-electron chi connectivity index (χ4n) is 2.08. The number of fused-ring (bicyclic) bond motifs is 1. The molecule has 0 amide bonds. The van der Waals surface area contributed by atoms with E-state index in [-0.39, 0.29) is 5.78 Å². The first-order chi connectivity index (χ1) is 10.3. The second-order valence-corrected chi connectivity index (χ2v) is 4.74. The van der Waals surface area contributed by atoms with Gasteiger partial charge in [0, 0.05) is 17.1 Å². The van der Waals surface area contributed by atoms with Gasteiger partial charge in [-0.25, -0.2) is 0 Å². The van der Waals surface area contributed by atoms with Crippen LogP contribution in [0.4, 0.5) is 0 Å². The summed E-state index contributed by atoms with van der Waals surface area (Å²) < 4.78 is 11.1. The molecule has 0 spiro atoms. The largest absolute Gasteiger partial charge is 0.492 e. The van der Waals surface area contributed by atoms with E-state index < -0.39 is 0 Å². The molecular weight excluding hydrogens is 266 g/mol. The predicted molar refractivity (Wildman–Crippen MR) is 79.7 cm³/mol. The molecule has 0 aliphatic carbocycles. The molecule has 106 valence electrons. The zero-order valence-electron chi connectivity index (χ0n) is 11.7. The second kappa shape index (κ2) is 5.79. The minimum atomic E-state index is -0.194. The molecule has 4 nitrogen and oxygen atoms in total. The van der Waals surface area contributed by atoms with Crippen LogP contribution in [-0.4, -0.2) is 17.4 Å². The van der Waals surface area contributed by atoms with Gasteiger partial charge in [-0.15, -0.1) is 0 Å². The number of aromatic nitrogens is 1. The molecule has 0 unspecified atom stereocenters. The van der Waals surface area contributed by atoms with E-state index >= 15 is 0 Å². The number of carbonyl (C=O) groups is 1. The summed E-state index contributed by atoms with van der Waals surface area (Å²) >= 11 is 0. The Hall–Kier alpha value is -2.62. The van der Waals surface area contributed by atoms with E-state index in [2.05, 4.69) is 4.98 Å².